The molecule has 1 unspecified atom stereocenters. The van der Waals surface area contributed by atoms with Crippen LogP contribution in [-0.4, -0.2) is 19.3 Å². The summed E-state index contributed by atoms with van der Waals surface area (Å²) in [4.78, 5) is 0. The molecule has 1 atom stereocenters. The Morgan fingerprint density at radius 1 is 1.20 bits per heavy atom. The molecule has 0 aromatic heterocycles. The Hall–Kier alpha value is -0.0800. The maximum Gasteiger partial charge on any atom is 0.0571 e. The molecule has 0 saturated carbocycles. The highest BCUT2D eigenvalue weighted by Crippen LogP contribution is 2.14. The van der Waals surface area contributed by atoms with Crippen molar-refractivity contribution in [1.29, 1.82) is 0 Å². The monoisotopic (exact) mass is 212 g/mol. The minimum Gasteiger partial charge on any atom is -0.302 e. The van der Waals surface area contributed by atoms with Gasteiger partial charge < -0.3 is 10.6 Å². The molecular weight excluding hydrogens is 184 g/mol. The van der Waals surface area contributed by atoms with E-state index in [2.05, 4.69) is 31.4 Å². The van der Waals surface area contributed by atoms with E-state index in [0.717, 1.165) is 11.8 Å². The Kier molecular flexibility index (Phi) is 6.26. The summed E-state index contributed by atoms with van der Waals surface area (Å²) in [5.41, 5.74) is 0. The van der Waals surface area contributed by atoms with E-state index < -0.39 is 0 Å². The van der Waals surface area contributed by atoms with Crippen molar-refractivity contribution in [2.24, 2.45) is 11.8 Å². The first-order chi connectivity index (χ1) is 7.22. The second-order valence-electron chi connectivity index (χ2n) is 5.30. The highest BCUT2D eigenvalue weighted by atomic mass is 15.1. The van der Waals surface area contributed by atoms with Crippen LogP contribution in [0.1, 0.15) is 52.9 Å². The number of nitrogens with one attached hydrogen (secondary N) is 2. The molecule has 0 aromatic carbocycles. The van der Waals surface area contributed by atoms with Gasteiger partial charge in [-0.15, -0.1) is 0 Å². The van der Waals surface area contributed by atoms with Crippen LogP contribution in [0.2, 0.25) is 0 Å². The van der Waals surface area contributed by atoms with Crippen molar-refractivity contribution in [1.82, 2.24) is 10.6 Å². The van der Waals surface area contributed by atoms with Crippen LogP contribution in [-0.2, 0) is 0 Å². The molecule has 1 fully saturated rings. The van der Waals surface area contributed by atoms with Gasteiger partial charge in [-0.25, -0.2) is 0 Å². The van der Waals surface area contributed by atoms with Crippen molar-refractivity contribution >= 4 is 0 Å². The topological polar surface area (TPSA) is 24.1 Å². The lowest BCUT2D eigenvalue weighted by atomic mass is 9.98. The zero-order valence-electron chi connectivity index (χ0n) is 10.7. The molecule has 2 N–H and O–H groups in total. The molecule has 1 rings (SSSR count). The molecule has 0 aromatic rings. The minimum atomic E-state index is 0.579. The lowest BCUT2D eigenvalue weighted by molar-refractivity contribution is 0.285. The molecule has 0 aliphatic carbocycles. The first-order valence-electron chi connectivity index (χ1n) is 6.69. The molecule has 0 bridgehead atoms. The molecule has 2 nitrogen and oxygen atoms in total. The summed E-state index contributed by atoms with van der Waals surface area (Å²) in [6.07, 6.45) is 7.35. The van der Waals surface area contributed by atoms with Crippen LogP contribution in [0.4, 0.5) is 0 Å². The van der Waals surface area contributed by atoms with Crippen molar-refractivity contribution in [3.63, 3.8) is 0 Å². The summed E-state index contributed by atoms with van der Waals surface area (Å²) in [5, 5.41) is 7.13. The zero-order valence-corrected chi connectivity index (χ0v) is 10.7. The predicted molar refractivity (Wildman–Crippen MR) is 66.9 cm³/mol. The van der Waals surface area contributed by atoms with Crippen molar-refractivity contribution in [2.45, 2.75) is 59.0 Å². The summed E-state index contributed by atoms with van der Waals surface area (Å²) >= 11 is 0. The van der Waals surface area contributed by atoms with Gasteiger partial charge in [-0.1, -0.05) is 46.5 Å². The Balaban J connectivity index is 2.00. The van der Waals surface area contributed by atoms with Gasteiger partial charge in [0.1, 0.15) is 0 Å². The fourth-order valence-electron chi connectivity index (χ4n) is 2.34. The normalized spacial score (nSPS) is 29.0. The molecule has 15 heavy (non-hydrogen) atoms. The average molecular weight is 212 g/mol. The van der Waals surface area contributed by atoms with E-state index in [4.69, 9.17) is 0 Å². The van der Waals surface area contributed by atoms with Gasteiger partial charge in [-0.05, 0) is 18.3 Å². The summed E-state index contributed by atoms with van der Waals surface area (Å²) in [7, 11) is 0. The van der Waals surface area contributed by atoms with E-state index in [9.17, 15) is 0 Å². The third-order valence-corrected chi connectivity index (χ3v) is 3.40. The lowest BCUT2D eigenvalue weighted by Crippen LogP contribution is -2.51. The van der Waals surface area contributed by atoms with Crippen molar-refractivity contribution < 1.29 is 0 Å². The van der Waals surface area contributed by atoms with E-state index in [1.807, 2.05) is 0 Å². The number of hydrogen-bond acceptors (Lipinski definition) is 2. The molecule has 0 radical (unpaired) electrons. The standard InChI is InChI=1S/C13H28N2/c1-4-6-11(2)7-5-8-13-14-9-12(3)10-15-13/h11-15H,4-10H2,1-3H3. The van der Waals surface area contributed by atoms with E-state index >= 15 is 0 Å². The number of rotatable bonds is 6. The smallest absolute Gasteiger partial charge is 0.0571 e. The number of hydrogen-bond donors (Lipinski definition) is 2. The highest BCUT2D eigenvalue weighted by molar-refractivity contribution is 4.74. The van der Waals surface area contributed by atoms with Crippen LogP contribution in [0.3, 0.4) is 0 Å². The molecule has 0 spiro atoms. The van der Waals surface area contributed by atoms with Crippen molar-refractivity contribution in [3.05, 3.63) is 0 Å². The quantitative estimate of drug-likeness (QED) is 0.707. The molecule has 1 heterocycles. The van der Waals surface area contributed by atoms with Crippen LogP contribution in [0.25, 0.3) is 0 Å². The van der Waals surface area contributed by atoms with E-state index in [1.165, 1.54) is 45.2 Å². The first-order valence-corrected chi connectivity index (χ1v) is 6.69. The van der Waals surface area contributed by atoms with Gasteiger partial charge in [0.2, 0.25) is 0 Å². The van der Waals surface area contributed by atoms with Crippen LogP contribution in [0.15, 0.2) is 0 Å². The lowest BCUT2D eigenvalue weighted by Gasteiger charge is -2.29. The maximum atomic E-state index is 3.56. The van der Waals surface area contributed by atoms with Gasteiger partial charge in [0.05, 0.1) is 6.17 Å². The van der Waals surface area contributed by atoms with Gasteiger partial charge >= 0.3 is 0 Å². The summed E-state index contributed by atoms with van der Waals surface area (Å²) in [6.45, 7) is 9.32. The van der Waals surface area contributed by atoms with Crippen molar-refractivity contribution in [3.8, 4) is 0 Å². The van der Waals surface area contributed by atoms with Gasteiger partial charge in [0, 0.05) is 13.1 Å². The van der Waals surface area contributed by atoms with E-state index in [0.29, 0.717) is 6.17 Å². The minimum absolute atomic E-state index is 0.579. The fourth-order valence-corrected chi connectivity index (χ4v) is 2.34. The Morgan fingerprint density at radius 2 is 1.87 bits per heavy atom. The first kappa shape index (κ1) is 13.0. The van der Waals surface area contributed by atoms with E-state index in [1.54, 1.807) is 0 Å². The van der Waals surface area contributed by atoms with E-state index in [-0.39, 0.29) is 0 Å². The SMILES string of the molecule is CCCC(C)CCCC1NCC(C)CN1. The predicted octanol–water partition coefficient (Wildman–Crippen LogP) is 2.75. The molecular formula is C13H28N2. The molecule has 0 amide bonds. The molecule has 1 saturated heterocycles. The molecule has 2 heteroatoms. The van der Waals surface area contributed by atoms with Gasteiger partial charge in [0.15, 0.2) is 0 Å². The zero-order chi connectivity index (χ0) is 11.1. The van der Waals surface area contributed by atoms with Crippen molar-refractivity contribution in [2.75, 3.05) is 13.1 Å². The largest absolute Gasteiger partial charge is 0.302 e. The molecule has 1 aliphatic rings. The molecule has 90 valence electrons. The van der Waals surface area contributed by atoms with Gasteiger partial charge in [0.25, 0.3) is 0 Å². The third-order valence-electron chi connectivity index (χ3n) is 3.40. The van der Waals surface area contributed by atoms with Crippen LogP contribution < -0.4 is 10.6 Å². The highest BCUT2D eigenvalue weighted by Gasteiger charge is 2.15. The van der Waals surface area contributed by atoms with Crippen LogP contribution >= 0.6 is 0 Å². The van der Waals surface area contributed by atoms with Gasteiger partial charge in [-0.2, -0.15) is 0 Å². The summed E-state index contributed by atoms with van der Waals surface area (Å²) in [5.74, 6) is 1.71. The van der Waals surface area contributed by atoms with Crippen LogP contribution in [0.5, 0.6) is 0 Å². The Morgan fingerprint density at radius 3 is 2.47 bits per heavy atom. The fraction of sp³-hybridized carbons (Fsp3) is 1.00. The third kappa shape index (κ3) is 5.53. The second kappa shape index (κ2) is 7.24. The Bertz CT molecular complexity index is 151. The molecule has 1 aliphatic heterocycles. The second-order valence-corrected chi connectivity index (χ2v) is 5.30. The summed E-state index contributed by atoms with van der Waals surface area (Å²) in [6, 6.07) is 0. The maximum absolute atomic E-state index is 3.56. The average Bonchev–Trinajstić information content (AvgIpc) is 2.21. The summed E-state index contributed by atoms with van der Waals surface area (Å²) < 4.78 is 0. The Labute approximate surface area is 95.2 Å². The van der Waals surface area contributed by atoms with Crippen LogP contribution in [0, 0.1) is 11.8 Å². The van der Waals surface area contributed by atoms with Gasteiger partial charge in [-0.3, -0.25) is 0 Å².